The summed E-state index contributed by atoms with van der Waals surface area (Å²) in [4.78, 5) is 10.6. The fourth-order valence-electron chi connectivity index (χ4n) is 2.01. The topological polar surface area (TPSA) is 47.0 Å². The lowest BCUT2D eigenvalue weighted by Crippen LogP contribution is -1.99. The van der Waals surface area contributed by atoms with Crippen LogP contribution in [0.5, 0.6) is 11.6 Å². The van der Waals surface area contributed by atoms with Crippen LogP contribution in [0.4, 0.5) is 10.3 Å². The zero-order chi connectivity index (χ0) is 15.0. The summed E-state index contributed by atoms with van der Waals surface area (Å²) < 4.78 is 19.8. The van der Waals surface area contributed by atoms with E-state index >= 15 is 0 Å². The van der Waals surface area contributed by atoms with Gasteiger partial charge in [-0.2, -0.15) is 4.98 Å². The van der Waals surface area contributed by atoms with Crippen molar-refractivity contribution in [3.05, 3.63) is 40.5 Å². The highest BCUT2D eigenvalue weighted by Crippen LogP contribution is 2.34. The van der Waals surface area contributed by atoms with Crippen molar-refractivity contribution in [2.75, 3.05) is 12.4 Å². The number of aromatic nitrogens is 2. The Labute approximate surface area is 125 Å². The van der Waals surface area contributed by atoms with Crippen LogP contribution < -0.4 is 10.1 Å². The number of aryl methyl sites for hydroxylation is 2. The lowest BCUT2D eigenvalue weighted by atomic mass is 10.2. The second-order valence-corrected chi connectivity index (χ2v) is 5.90. The zero-order valence-corrected chi connectivity index (χ0v) is 12.7. The molecule has 108 valence electrons. The highest BCUT2D eigenvalue weighted by atomic mass is 32.1. The van der Waals surface area contributed by atoms with Crippen molar-refractivity contribution >= 4 is 27.5 Å². The number of ether oxygens (including phenoxy) is 1. The van der Waals surface area contributed by atoms with Crippen LogP contribution in [-0.2, 0) is 0 Å². The van der Waals surface area contributed by atoms with E-state index in [4.69, 9.17) is 4.74 Å². The summed E-state index contributed by atoms with van der Waals surface area (Å²) >= 11 is 1.55. The number of benzene rings is 1. The monoisotopic (exact) mass is 303 g/mol. The van der Waals surface area contributed by atoms with Gasteiger partial charge in [-0.3, -0.25) is 0 Å². The molecule has 0 amide bonds. The molecule has 21 heavy (non-hydrogen) atoms. The number of rotatable bonds is 3. The molecule has 3 rings (SSSR count). The van der Waals surface area contributed by atoms with E-state index in [0.29, 0.717) is 17.4 Å². The summed E-state index contributed by atoms with van der Waals surface area (Å²) in [6.07, 6.45) is 0. The highest BCUT2D eigenvalue weighted by molar-refractivity contribution is 7.18. The number of halogens is 1. The first-order chi connectivity index (χ1) is 10.1. The van der Waals surface area contributed by atoms with Crippen molar-refractivity contribution in [1.82, 2.24) is 9.97 Å². The Balaban J connectivity index is 2.12. The predicted molar refractivity (Wildman–Crippen MR) is 82.9 cm³/mol. The number of fused-ring (bicyclic) bond motifs is 1. The van der Waals surface area contributed by atoms with Gasteiger partial charge in [-0.05, 0) is 31.5 Å². The molecule has 4 nitrogen and oxygen atoms in total. The van der Waals surface area contributed by atoms with Gasteiger partial charge in [0, 0.05) is 11.9 Å². The third kappa shape index (κ3) is 2.54. The minimum Gasteiger partial charge on any atom is -0.435 e. The van der Waals surface area contributed by atoms with Gasteiger partial charge in [0.05, 0.1) is 5.39 Å². The zero-order valence-electron chi connectivity index (χ0n) is 11.9. The molecule has 2 aromatic heterocycles. The number of thiophene rings is 1. The molecule has 1 N–H and O–H groups in total. The van der Waals surface area contributed by atoms with Crippen LogP contribution in [0.1, 0.15) is 10.4 Å². The van der Waals surface area contributed by atoms with E-state index in [9.17, 15) is 4.39 Å². The molecule has 0 atom stereocenters. The first-order valence-corrected chi connectivity index (χ1v) is 7.29. The van der Waals surface area contributed by atoms with Gasteiger partial charge in [0.15, 0.2) is 11.6 Å². The predicted octanol–water partition coefficient (Wildman–Crippen LogP) is 4.28. The van der Waals surface area contributed by atoms with Crippen molar-refractivity contribution < 1.29 is 9.13 Å². The first-order valence-electron chi connectivity index (χ1n) is 6.47. The number of anilines is 1. The van der Waals surface area contributed by atoms with Crippen molar-refractivity contribution in [2.24, 2.45) is 0 Å². The lowest BCUT2D eigenvalue weighted by Gasteiger charge is -2.09. The van der Waals surface area contributed by atoms with Gasteiger partial charge in [-0.1, -0.05) is 12.1 Å². The molecule has 0 aliphatic rings. The fourth-order valence-corrected chi connectivity index (χ4v) is 2.88. The van der Waals surface area contributed by atoms with Gasteiger partial charge in [0.1, 0.15) is 4.83 Å². The van der Waals surface area contributed by atoms with Crippen LogP contribution in [0.25, 0.3) is 10.2 Å². The van der Waals surface area contributed by atoms with Gasteiger partial charge in [0.25, 0.3) is 0 Å². The van der Waals surface area contributed by atoms with Crippen molar-refractivity contribution in [3.63, 3.8) is 0 Å². The summed E-state index contributed by atoms with van der Waals surface area (Å²) in [6.45, 7) is 3.69. The summed E-state index contributed by atoms with van der Waals surface area (Å²) in [5.74, 6) is 0.605. The highest BCUT2D eigenvalue weighted by Gasteiger charge is 2.14. The van der Waals surface area contributed by atoms with Gasteiger partial charge in [-0.15, -0.1) is 11.3 Å². The second-order valence-electron chi connectivity index (χ2n) is 4.67. The Morgan fingerprint density at radius 1 is 1.24 bits per heavy atom. The molecular weight excluding hydrogens is 289 g/mol. The number of nitrogens with zero attached hydrogens (tertiary/aromatic N) is 2. The fraction of sp³-hybridized carbons (Fsp3) is 0.200. The minimum absolute atomic E-state index is 0.168. The van der Waals surface area contributed by atoms with Gasteiger partial charge < -0.3 is 10.1 Å². The molecule has 0 spiro atoms. The van der Waals surface area contributed by atoms with E-state index in [1.807, 2.05) is 13.0 Å². The summed E-state index contributed by atoms with van der Waals surface area (Å²) in [5, 5.41) is 3.68. The summed E-state index contributed by atoms with van der Waals surface area (Å²) in [7, 11) is 1.73. The average molecular weight is 303 g/mol. The van der Waals surface area contributed by atoms with E-state index in [0.717, 1.165) is 15.1 Å². The Morgan fingerprint density at radius 2 is 2.05 bits per heavy atom. The SMILES string of the molecule is CNc1nc(Oc2cccc(C)c2F)c2cc(C)sc2n1. The maximum atomic E-state index is 14.1. The minimum atomic E-state index is -0.373. The maximum absolute atomic E-state index is 14.1. The normalized spacial score (nSPS) is 10.9. The molecule has 0 aliphatic heterocycles. The smallest absolute Gasteiger partial charge is 0.233 e. The van der Waals surface area contributed by atoms with Gasteiger partial charge in [0.2, 0.25) is 11.8 Å². The average Bonchev–Trinajstić information content (AvgIpc) is 2.84. The van der Waals surface area contributed by atoms with E-state index in [2.05, 4.69) is 15.3 Å². The quantitative estimate of drug-likeness (QED) is 0.784. The molecule has 0 fully saturated rings. The Kier molecular flexibility index (Phi) is 3.47. The maximum Gasteiger partial charge on any atom is 0.233 e. The molecule has 0 saturated carbocycles. The number of nitrogens with one attached hydrogen (secondary N) is 1. The largest absolute Gasteiger partial charge is 0.435 e. The summed E-state index contributed by atoms with van der Waals surface area (Å²) in [6, 6.07) is 6.99. The van der Waals surface area contributed by atoms with Gasteiger partial charge in [-0.25, -0.2) is 9.37 Å². The molecule has 1 aromatic carbocycles. The van der Waals surface area contributed by atoms with Crippen LogP contribution in [0, 0.1) is 19.7 Å². The molecule has 0 unspecified atom stereocenters. The van der Waals surface area contributed by atoms with E-state index in [1.54, 1.807) is 43.5 Å². The standard InChI is InChI=1S/C15H14FN3OS/c1-8-5-4-6-11(12(8)16)20-13-10-7-9(2)21-14(10)19-15(17-3)18-13/h4-7H,1-3H3,(H,17,18,19). The number of hydrogen-bond donors (Lipinski definition) is 1. The van der Waals surface area contributed by atoms with E-state index in [-0.39, 0.29) is 11.6 Å². The Hall–Kier alpha value is -2.21. The van der Waals surface area contributed by atoms with Gasteiger partial charge >= 0.3 is 0 Å². The molecule has 0 aliphatic carbocycles. The second kappa shape index (κ2) is 5.29. The van der Waals surface area contributed by atoms with Crippen molar-refractivity contribution in [2.45, 2.75) is 13.8 Å². The van der Waals surface area contributed by atoms with E-state index < -0.39 is 0 Å². The Bertz CT molecular complexity index is 816. The van der Waals surface area contributed by atoms with Crippen LogP contribution in [-0.4, -0.2) is 17.0 Å². The molecule has 0 saturated heterocycles. The third-order valence-electron chi connectivity index (χ3n) is 3.07. The molecule has 3 aromatic rings. The van der Waals surface area contributed by atoms with Crippen LogP contribution in [0.15, 0.2) is 24.3 Å². The van der Waals surface area contributed by atoms with E-state index in [1.165, 1.54) is 0 Å². The summed E-state index contributed by atoms with van der Waals surface area (Å²) in [5.41, 5.74) is 0.535. The Morgan fingerprint density at radius 3 is 2.81 bits per heavy atom. The number of hydrogen-bond acceptors (Lipinski definition) is 5. The van der Waals surface area contributed by atoms with Crippen LogP contribution in [0.3, 0.4) is 0 Å². The lowest BCUT2D eigenvalue weighted by molar-refractivity contribution is 0.430. The molecular formula is C15H14FN3OS. The van der Waals surface area contributed by atoms with Crippen LogP contribution in [0.2, 0.25) is 0 Å². The first kappa shape index (κ1) is 13.8. The van der Waals surface area contributed by atoms with Crippen molar-refractivity contribution in [1.29, 1.82) is 0 Å². The van der Waals surface area contributed by atoms with Crippen LogP contribution >= 0.6 is 11.3 Å². The molecule has 0 radical (unpaired) electrons. The van der Waals surface area contributed by atoms with Crippen molar-refractivity contribution in [3.8, 4) is 11.6 Å². The molecule has 2 heterocycles. The third-order valence-corrected chi connectivity index (χ3v) is 4.01. The molecule has 0 bridgehead atoms. The molecule has 6 heteroatoms.